The van der Waals surface area contributed by atoms with Gasteiger partial charge in [-0.3, -0.25) is 4.79 Å². The van der Waals surface area contributed by atoms with E-state index in [1.54, 1.807) is 7.11 Å². The minimum atomic E-state index is 0. The van der Waals surface area contributed by atoms with Crippen molar-refractivity contribution in [1.82, 2.24) is 4.90 Å². The number of rotatable bonds is 1. The van der Waals surface area contributed by atoms with Gasteiger partial charge < -0.3 is 9.64 Å². The lowest BCUT2D eigenvalue weighted by Crippen LogP contribution is -2.40. The first kappa shape index (κ1) is 14.4. The first-order chi connectivity index (χ1) is 8.70. The summed E-state index contributed by atoms with van der Waals surface area (Å²) in [4.78, 5) is 14.7. The Morgan fingerprint density at radius 1 is 1.37 bits per heavy atom. The average molecular weight is 282 g/mol. The van der Waals surface area contributed by atoms with Crippen LogP contribution >= 0.6 is 12.4 Å². The van der Waals surface area contributed by atoms with Crippen molar-refractivity contribution in [3.05, 3.63) is 29.3 Å². The fraction of sp³-hybridized carbons (Fsp3) is 0.533. The van der Waals surface area contributed by atoms with Gasteiger partial charge in [0, 0.05) is 18.9 Å². The van der Waals surface area contributed by atoms with E-state index in [0.29, 0.717) is 18.3 Å². The molecule has 0 aromatic heterocycles. The predicted octanol–water partition coefficient (Wildman–Crippen LogP) is 2.74. The third-order valence-corrected chi connectivity index (χ3v) is 4.36. The van der Waals surface area contributed by atoms with E-state index in [9.17, 15) is 4.79 Å². The molecule has 1 heterocycles. The van der Waals surface area contributed by atoms with E-state index in [1.165, 1.54) is 5.56 Å². The molecule has 0 unspecified atom stereocenters. The molecular weight excluding hydrogens is 262 g/mol. The van der Waals surface area contributed by atoms with Crippen LogP contribution in [0.3, 0.4) is 0 Å². The van der Waals surface area contributed by atoms with E-state index in [2.05, 4.69) is 18.0 Å². The molecule has 1 fully saturated rings. The molecular formula is C15H20ClNO2. The van der Waals surface area contributed by atoms with Crippen LogP contribution in [0.2, 0.25) is 0 Å². The number of carbonyl (C=O) groups is 1. The van der Waals surface area contributed by atoms with Crippen molar-refractivity contribution in [2.24, 2.45) is 5.92 Å². The highest BCUT2D eigenvalue weighted by Gasteiger charge is 2.38. The van der Waals surface area contributed by atoms with Crippen LogP contribution in [0.25, 0.3) is 0 Å². The molecule has 1 aromatic carbocycles. The van der Waals surface area contributed by atoms with Crippen molar-refractivity contribution in [3.8, 4) is 5.75 Å². The quantitative estimate of drug-likeness (QED) is 0.793. The first-order valence-electron chi connectivity index (χ1n) is 6.59. The van der Waals surface area contributed by atoms with Gasteiger partial charge in [0.1, 0.15) is 5.75 Å². The highest BCUT2D eigenvalue weighted by atomic mass is 35.5. The summed E-state index contributed by atoms with van der Waals surface area (Å²) in [5.41, 5.74) is 2.03. The zero-order valence-electron chi connectivity index (χ0n) is 11.4. The monoisotopic (exact) mass is 281 g/mol. The Kier molecular flexibility index (Phi) is 4.16. The molecule has 0 amide bonds. The van der Waals surface area contributed by atoms with Gasteiger partial charge >= 0.3 is 0 Å². The molecule has 2 aliphatic rings. The summed E-state index contributed by atoms with van der Waals surface area (Å²) in [5, 5.41) is 0. The molecule has 3 nitrogen and oxygen atoms in total. The zero-order chi connectivity index (χ0) is 12.7. The van der Waals surface area contributed by atoms with E-state index in [0.717, 1.165) is 30.8 Å². The Morgan fingerprint density at radius 2 is 2.16 bits per heavy atom. The molecule has 0 saturated carbocycles. The number of hydrogen-bond donors (Lipinski definition) is 0. The lowest BCUT2D eigenvalue weighted by Gasteiger charge is -2.40. The zero-order valence-corrected chi connectivity index (χ0v) is 12.2. The lowest BCUT2D eigenvalue weighted by molar-refractivity contribution is 0.0883. The van der Waals surface area contributed by atoms with Gasteiger partial charge in [0.15, 0.2) is 5.78 Å². The van der Waals surface area contributed by atoms with Gasteiger partial charge in [-0.15, -0.1) is 12.4 Å². The van der Waals surface area contributed by atoms with Crippen molar-refractivity contribution in [2.75, 3.05) is 27.2 Å². The van der Waals surface area contributed by atoms with Crippen LogP contribution in [-0.2, 0) is 0 Å². The number of hydrogen-bond acceptors (Lipinski definition) is 3. The largest absolute Gasteiger partial charge is 0.496 e. The molecule has 1 aliphatic carbocycles. The summed E-state index contributed by atoms with van der Waals surface area (Å²) in [6.07, 6.45) is 1.81. The third-order valence-electron chi connectivity index (χ3n) is 4.36. The predicted molar refractivity (Wildman–Crippen MR) is 77.5 cm³/mol. The van der Waals surface area contributed by atoms with Crippen LogP contribution in [0.4, 0.5) is 0 Å². The molecule has 0 spiro atoms. The van der Waals surface area contributed by atoms with E-state index >= 15 is 0 Å². The molecule has 1 aliphatic heterocycles. The number of likely N-dealkylation sites (N-methyl/N-ethyl adjacent to an activating group) is 1. The van der Waals surface area contributed by atoms with Crippen LogP contribution in [-0.4, -0.2) is 37.9 Å². The highest BCUT2D eigenvalue weighted by molar-refractivity contribution is 6.01. The molecule has 2 atom stereocenters. The maximum absolute atomic E-state index is 12.3. The van der Waals surface area contributed by atoms with Gasteiger partial charge in [-0.05, 0) is 37.6 Å². The van der Waals surface area contributed by atoms with Crippen molar-refractivity contribution >= 4 is 18.2 Å². The summed E-state index contributed by atoms with van der Waals surface area (Å²) in [5.74, 6) is 2.01. The van der Waals surface area contributed by atoms with E-state index < -0.39 is 0 Å². The van der Waals surface area contributed by atoms with Crippen LogP contribution in [0.1, 0.15) is 34.7 Å². The summed E-state index contributed by atoms with van der Waals surface area (Å²) < 4.78 is 5.36. The minimum Gasteiger partial charge on any atom is -0.496 e. The number of benzene rings is 1. The summed E-state index contributed by atoms with van der Waals surface area (Å²) in [6.45, 7) is 2.16. The Hall–Kier alpha value is -1.06. The average Bonchev–Trinajstić information content (AvgIpc) is 2.39. The number of ether oxygens (including phenoxy) is 1. The third kappa shape index (κ3) is 2.37. The molecule has 4 heteroatoms. The number of halogens is 1. The van der Waals surface area contributed by atoms with Gasteiger partial charge in [-0.2, -0.15) is 0 Å². The van der Waals surface area contributed by atoms with Crippen LogP contribution in [0.5, 0.6) is 5.75 Å². The van der Waals surface area contributed by atoms with Gasteiger partial charge in [-0.1, -0.05) is 12.1 Å². The molecule has 1 saturated heterocycles. The van der Waals surface area contributed by atoms with Gasteiger partial charge in [-0.25, -0.2) is 0 Å². The number of ketones is 1. The number of nitrogens with zero attached hydrogens (tertiary/aromatic N) is 1. The second kappa shape index (κ2) is 5.51. The second-order valence-electron chi connectivity index (χ2n) is 5.47. The van der Waals surface area contributed by atoms with E-state index in [-0.39, 0.29) is 18.2 Å². The van der Waals surface area contributed by atoms with Crippen LogP contribution in [0.15, 0.2) is 18.2 Å². The maximum atomic E-state index is 12.3. The smallest absolute Gasteiger partial charge is 0.167 e. The number of piperidine rings is 1. The first-order valence-corrected chi connectivity index (χ1v) is 6.59. The van der Waals surface area contributed by atoms with Crippen molar-refractivity contribution in [2.45, 2.75) is 18.8 Å². The fourth-order valence-corrected chi connectivity index (χ4v) is 3.43. The molecule has 0 N–H and O–H groups in total. The van der Waals surface area contributed by atoms with Crippen molar-refractivity contribution < 1.29 is 9.53 Å². The molecule has 0 bridgehead atoms. The molecule has 104 valence electrons. The van der Waals surface area contributed by atoms with Gasteiger partial charge in [0.05, 0.1) is 12.7 Å². The lowest BCUT2D eigenvalue weighted by atomic mass is 9.71. The molecule has 19 heavy (non-hydrogen) atoms. The van der Waals surface area contributed by atoms with Gasteiger partial charge in [0.25, 0.3) is 0 Å². The summed E-state index contributed by atoms with van der Waals surface area (Å²) in [6, 6.07) is 6.00. The Balaban J connectivity index is 0.00000133. The number of methoxy groups -OCH3 is 1. The Labute approximate surface area is 120 Å². The van der Waals surface area contributed by atoms with Gasteiger partial charge in [0.2, 0.25) is 0 Å². The number of likely N-dealkylation sites (tertiary alicyclic amines) is 1. The molecule has 0 radical (unpaired) electrons. The normalized spacial score (nSPS) is 26.1. The standard InChI is InChI=1S/C15H19NO2.ClH/c1-16-7-6-10-8-13(17)15-11(12(10)9-16)4-3-5-14(15)18-2;/h3-5,10,12H,6-9H2,1-2H3;1H/t10-,12+;/m1./s1. The Morgan fingerprint density at radius 3 is 2.89 bits per heavy atom. The van der Waals surface area contributed by atoms with Crippen molar-refractivity contribution in [3.63, 3.8) is 0 Å². The van der Waals surface area contributed by atoms with Crippen LogP contribution in [0, 0.1) is 5.92 Å². The number of carbonyl (C=O) groups excluding carboxylic acids is 1. The SMILES string of the molecule is COc1cccc2c1C(=O)C[C@H]1CCN(C)C[C@H]21.Cl. The maximum Gasteiger partial charge on any atom is 0.167 e. The number of Topliss-reactive ketones (excluding diaryl/α,β-unsaturated/α-hetero) is 1. The summed E-state index contributed by atoms with van der Waals surface area (Å²) in [7, 11) is 3.80. The molecule has 1 aromatic rings. The fourth-order valence-electron chi connectivity index (χ4n) is 3.43. The van der Waals surface area contributed by atoms with Crippen LogP contribution < -0.4 is 4.74 Å². The van der Waals surface area contributed by atoms with E-state index in [1.807, 2.05) is 12.1 Å². The Bertz CT molecular complexity index is 489. The topological polar surface area (TPSA) is 29.5 Å². The highest BCUT2D eigenvalue weighted by Crippen LogP contribution is 2.43. The molecule has 3 rings (SSSR count). The minimum absolute atomic E-state index is 0. The second-order valence-corrected chi connectivity index (χ2v) is 5.47. The number of fused-ring (bicyclic) bond motifs is 3. The summed E-state index contributed by atoms with van der Waals surface area (Å²) >= 11 is 0. The van der Waals surface area contributed by atoms with E-state index in [4.69, 9.17) is 4.74 Å². The van der Waals surface area contributed by atoms with Crippen molar-refractivity contribution in [1.29, 1.82) is 0 Å².